The molecule has 1 rings (SSSR count). The summed E-state index contributed by atoms with van der Waals surface area (Å²) in [6, 6.07) is 2.14. The second-order valence-electron chi connectivity index (χ2n) is 2.94. The van der Waals surface area contributed by atoms with Gasteiger partial charge < -0.3 is 14.0 Å². The second kappa shape index (κ2) is 7.64. The van der Waals surface area contributed by atoms with Crippen LogP contribution in [0.4, 0.5) is 5.69 Å². The molecule has 0 heterocycles. The first-order valence-electron chi connectivity index (χ1n) is 4.42. The third kappa shape index (κ3) is 4.76. The van der Waals surface area contributed by atoms with Crippen molar-refractivity contribution in [1.29, 1.82) is 0 Å². The molecule has 1 N–H and O–H groups in total. The van der Waals surface area contributed by atoms with E-state index in [9.17, 15) is 14.9 Å². The van der Waals surface area contributed by atoms with Crippen molar-refractivity contribution in [3.05, 3.63) is 27.8 Å². The highest BCUT2D eigenvalue weighted by Crippen LogP contribution is 2.65. The number of hydrogen-bond donors (Lipinski definition) is 1. The number of aromatic carboxylic acids is 1. The molecule has 0 saturated heterocycles. The Morgan fingerprint density at radius 2 is 2.11 bits per heavy atom. The third-order valence-electron chi connectivity index (χ3n) is 1.89. The number of ether oxygens (including phenoxy) is 1. The highest BCUT2D eigenvalue weighted by molar-refractivity contribution is 14.3. The Hall–Kier alpha value is -0.0700. The summed E-state index contributed by atoms with van der Waals surface area (Å²) in [5.41, 5.74) is -0.972. The van der Waals surface area contributed by atoms with Crippen molar-refractivity contribution in [1.82, 2.24) is 0 Å². The Morgan fingerprint density at radius 3 is 2.53 bits per heavy atom. The lowest BCUT2D eigenvalue weighted by Gasteiger charge is -2.10. The predicted molar refractivity (Wildman–Crippen MR) is 89.8 cm³/mol. The van der Waals surface area contributed by atoms with E-state index in [1.165, 1.54) is 7.11 Å². The van der Waals surface area contributed by atoms with Crippen LogP contribution in [0.5, 0.6) is 11.5 Å². The molecule has 7 nitrogen and oxygen atoms in total. The van der Waals surface area contributed by atoms with E-state index < -0.39 is 24.6 Å². The Morgan fingerprint density at radius 1 is 1.47 bits per heavy atom. The summed E-state index contributed by atoms with van der Waals surface area (Å²) in [5, 5.41) is 19.8. The fourth-order valence-electron chi connectivity index (χ4n) is 1.16. The minimum atomic E-state index is -1.39. The quantitative estimate of drug-likeness (QED) is 0.192. The van der Waals surface area contributed by atoms with Gasteiger partial charge in [-0.3, -0.25) is 10.1 Å². The van der Waals surface area contributed by atoms with Crippen molar-refractivity contribution in [3.8, 4) is 11.5 Å². The Kier molecular flexibility index (Phi) is 6.83. The van der Waals surface area contributed by atoms with Gasteiger partial charge in [0.15, 0.2) is 11.5 Å². The molecular weight excluding hydrogens is 523 g/mol. The fourth-order valence-corrected chi connectivity index (χ4v) is 3.29. The second-order valence-corrected chi connectivity index (χ2v) is 20.5. The van der Waals surface area contributed by atoms with Crippen LogP contribution in [0.1, 0.15) is 10.4 Å². The van der Waals surface area contributed by atoms with E-state index in [-0.39, 0.29) is 11.5 Å². The van der Waals surface area contributed by atoms with Crippen LogP contribution >= 0.6 is 58.2 Å². The van der Waals surface area contributed by atoms with Crippen molar-refractivity contribution in [2.45, 2.75) is 0 Å². The molecule has 1 aromatic carbocycles. The first-order chi connectivity index (χ1) is 8.86. The van der Waals surface area contributed by atoms with E-state index in [0.717, 1.165) is 23.8 Å². The van der Waals surface area contributed by atoms with Crippen molar-refractivity contribution in [3.63, 3.8) is 0 Å². The summed E-state index contributed by atoms with van der Waals surface area (Å²) < 4.78 is 9.81. The molecule has 0 atom stereocenters. The summed E-state index contributed by atoms with van der Waals surface area (Å²) in [4.78, 5) is 21.1. The summed E-state index contributed by atoms with van der Waals surface area (Å²) >= 11 is 5.44. The van der Waals surface area contributed by atoms with Gasteiger partial charge in [0.1, 0.15) is 19.6 Å². The molecule has 11 heteroatoms. The topological polar surface area (TPSA) is 98.9 Å². The molecule has 0 aliphatic rings. The van der Waals surface area contributed by atoms with Crippen molar-refractivity contribution in [2.24, 2.45) is 0 Å². The van der Waals surface area contributed by atoms with E-state index in [4.69, 9.17) is 14.0 Å². The molecule has 0 spiro atoms. The van der Waals surface area contributed by atoms with Crippen LogP contribution in [0.2, 0.25) is 0 Å². The number of benzene rings is 1. The molecule has 0 fully saturated rings. The zero-order chi connectivity index (χ0) is 14.6. The SMILES string of the molecule is COc1cc(C(=O)O)c([N+](=O)[O-])cc1OSP(I)I. The molecule has 0 bridgehead atoms. The van der Waals surface area contributed by atoms with Crippen LogP contribution in [0, 0.1) is 10.1 Å². The summed E-state index contributed by atoms with van der Waals surface area (Å²) in [6.45, 7) is 0. The maximum absolute atomic E-state index is 11.0. The van der Waals surface area contributed by atoms with Crippen LogP contribution in [-0.4, -0.2) is 23.1 Å². The van der Waals surface area contributed by atoms with Gasteiger partial charge in [-0.05, 0) is 44.1 Å². The predicted octanol–water partition coefficient (Wildman–Crippen LogP) is 4.43. The first kappa shape index (κ1) is 17.0. The van der Waals surface area contributed by atoms with Crippen LogP contribution in [0.25, 0.3) is 0 Å². The summed E-state index contributed by atoms with van der Waals surface area (Å²) in [6.07, 6.45) is 0. The smallest absolute Gasteiger partial charge is 0.342 e. The number of nitro benzene ring substituents is 1. The number of hydrogen-bond acceptors (Lipinski definition) is 6. The summed E-state index contributed by atoms with van der Waals surface area (Å²) in [7, 11) is 1.33. The minimum absolute atomic E-state index is 0.130. The van der Waals surface area contributed by atoms with Crippen molar-refractivity contribution in [2.75, 3.05) is 7.11 Å². The zero-order valence-corrected chi connectivity index (χ0v) is 15.2. The monoisotopic (exact) mass is 529 g/mol. The molecule has 0 aliphatic heterocycles. The molecule has 0 radical (unpaired) electrons. The highest BCUT2D eigenvalue weighted by Gasteiger charge is 2.24. The van der Waals surface area contributed by atoms with Gasteiger partial charge in [0.05, 0.1) is 18.1 Å². The largest absolute Gasteiger partial charge is 0.493 e. The Labute approximate surface area is 139 Å². The molecule has 1 aromatic rings. The third-order valence-corrected chi connectivity index (χ3v) is 5.72. The van der Waals surface area contributed by atoms with Gasteiger partial charge in [-0.1, -0.05) is 0 Å². The lowest BCUT2D eigenvalue weighted by molar-refractivity contribution is -0.385. The molecule has 0 amide bonds. The van der Waals surface area contributed by atoms with Crippen LogP contribution in [0.15, 0.2) is 12.1 Å². The van der Waals surface area contributed by atoms with E-state index >= 15 is 0 Å². The van der Waals surface area contributed by atoms with E-state index in [1.54, 1.807) is 0 Å². The number of nitro groups is 1. The number of carboxylic acid groups (broad SMARTS) is 1. The molecule has 0 aromatic heterocycles. The number of halogens is 2. The number of carboxylic acids is 1. The highest BCUT2D eigenvalue weighted by atomic mass is 127. The van der Waals surface area contributed by atoms with Crippen LogP contribution in [-0.2, 0) is 0 Å². The van der Waals surface area contributed by atoms with E-state index in [1.807, 2.05) is 0 Å². The van der Waals surface area contributed by atoms with E-state index in [2.05, 4.69) is 44.1 Å². The average Bonchev–Trinajstić information content (AvgIpc) is 2.34. The number of nitrogens with zero attached hydrogens (tertiary/aromatic N) is 1. The first-order valence-corrected chi connectivity index (χ1v) is 12.7. The maximum atomic E-state index is 11.0. The number of rotatable bonds is 6. The van der Waals surface area contributed by atoms with Crippen molar-refractivity contribution < 1.29 is 23.7 Å². The van der Waals surface area contributed by atoms with Gasteiger partial charge in [-0.2, -0.15) is 0 Å². The number of carbonyl (C=O) groups is 1. The van der Waals surface area contributed by atoms with E-state index in [0.29, 0.717) is 0 Å². The fraction of sp³-hybridized carbons (Fsp3) is 0.125. The Balaban J connectivity index is 3.27. The van der Waals surface area contributed by atoms with Crippen LogP contribution in [0.3, 0.4) is 0 Å². The molecular formula is C8H6I2NO6PS. The lowest BCUT2D eigenvalue weighted by atomic mass is 10.1. The Bertz CT molecular complexity index is 514. The average molecular weight is 529 g/mol. The molecule has 0 unspecified atom stereocenters. The molecule has 0 saturated carbocycles. The molecule has 0 aliphatic carbocycles. The van der Waals surface area contributed by atoms with Gasteiger partial charge in [0.2, 0.25) is 0 Å². The van der Waals surface area contributed by atoms with Crippen molar-refractivity contribution >= 4 is 69.8 Å². The molecule has 104 valence electrons. The normalized spacial score (nSPS) is 10.3. The van der Waals surface area contributed by atoms with Gasteiger partial charge in [-0.15, -0.1) is 0 Å². The maximum Gasteiger partial charge on any atom is 0.342 e. The van der Waals surface area contributed by atoms with Crippen LogP contribution < -0.4 is 8.92 Å². The zero-order valence-electron chi connectivity index (χ0n) is 9.20. The lowest BCUT2D eigenvalue weighted by Crippen LogP contribution is -2.04. The van der Waals surface area contributed by atoms with Gasteiger partial charge in [0.25, 0.3) is 5.69 Å². The number of methoxy groups -OCH3 is 1. The summed E-state index contributed by atoms with van der Waals surface area (Å²) in [5.74, 6) is -1.13. The van der Waals surface area contributed by atoms with Gasteiger partial charge in [-0.25, -0.2) is 4.79 Å². The van der Waals surface area contributed by atoms with Gasteiger partial charge in [0, 0.05) is 6.07 Å². The molecule has 19 heavy (non-hydrogen) atoms. The van der Waals surface area contributed by atoms with Gasteiger partial charge >= 0.3 is 5.97 Å². The standard InChI is InChI=1S/C8H6I2NO6PS/c1-16-6-2-4(8(12)13)5(11(14)15)3-7(6)17-19-18(9)10/h2-3H,1H3,(H,12,13). The minimum Gasteiger partial charge on any atom is -0.493 e.